The van der Waals surface area contributed by atoms with Gasteiger partial charge in [0, 0.05) is 24.8 Å². The zero-order valence-corrected chi connectivity index (χ0v) is 20.6. The van der Waals surface area contributed by atoms with Crippen LogP contribution in [0.25, 0.3) is 21.0 Å². The molecule has 3 aromatic rings. The van der Waals surface area contributed by atoms with Crippen LogP contribution in [-0.4, -0.2) is 46.3 Å². The SMILES string of the molecule is CC(C)Oc1ccc(-c2ncc(-c3cccc4c3CC[C@@H]4NC(=O)N3CC[C@@H](O)C3)s2)cc1C#N. The lowest BCUT2D eigenvalue weighted by Crippen LogP contribution is -2.40. The van der Waals surface area contributed by atoms with Crippen LogP contribution in [0.2, 0.25) is 0 Å². The van der Waals surface area contributed by atoms with Gasteiger partial charge in [0.2, 0.25) is 0 Å². The molecular weight excluding hydrogens is 460 g/mol. The van der Waals surface area contributed by atoms with E-state index >= 15 is 0 Å². The summed E-state index contributed by atoms with van der Waals surface area (Å²) >= 11 is 1.60. The first kappa shape index (κ1) is 23.3. The molecule has 180 valence electrons. The topological polar surface area (TPSA) is 98.5 Å². The van der Waals surface area contributed by atoms with E-state index < -0.39 is 6.10 Å². The molecule has 8 heteroatoms. The van der Waals surface area contributed by atoms with Crippen LogP contribution in [0.4, 0.5) is 4.79 Å². The maximum atomic E-state index is 12.7. The highest BCUT2D eigenvalue weighted by molar-refractivity contribution is 7.18. The molecule has 2 amide bonds. The van der Waals surface area contributed by atoms with Gasteiger partial charge < -0.3 is 20.1 Å². The number of aromatic nitrogens is 1. The molecule has 1 aliphatic heterocycles. The number of β-amino-alcohol motifs (C(OH)–C–C–N with tert-alkyl or cyclic N) is 1. The van der Waals surface area contributed by atoms with Gasteiger partial charge in [0.1, 0.15) is 16.8 Å². The summed E-state index contributed by atoms with van der Waals surface area (Å²) < 4.78 is 5.74. The minimum Gasteiger partial charge on any atom is -0.490 e. The summed E-state index contributed by atoms with van der Waals surface area (Å²) in [5, 5.41) is 23.3. The van der Waals surface area contributed by atoms with Crippen molar-refractivity contribution in [3.63, 3.8) is 0 Å². The van der Waals surface area contributed by atoms with Crippen molar-refractivity contribution in [2.75, 3.05) is 13.1 Å². The Morgan fingerprint density at radius 3 is 2.91 bits per heavy atom. The highest BCUT2D eigenvalue weighted by atomic mass is 32.1. The Morgan fingerprint density at radius 2 is 2.17 bits per heavy atom. The second-order valence-corrected chi connectivity index (χ2v) is 10.4. The number of ether oxygens (including phenoxy) is 1. The van der Waals surface area contributed by atoms with Crippen molar-refractivity contribution in [3.05, 3.63) is 59.3 Å². The van der Waals surface area contributed by atoms with Crippen LogP contribution < -0.4 is 10.1 Å². The lowest BCUT2D eigenvalue weighted by Gasteiger charge is -2.21. The number of carbonyl (C=O) groups is 1. The third-order valence-corrected chi connectivity index (χ3v) is 7.58. The summed E-state index contributed by atoms with van der Waals surface area (Å²) in [7, 11) is 0. The number of urea groups is 1. The van der Waals surface area contributed by atoms with Gasteiger partial charge in [-0.2, -0.15) is 5.26 Å². The third kappa shape index (κ3) is 4.75. The zero-order chi connectivity index (χ0) is 24.5. The number of thiazole rings is 1. The molecule has 2 N–H and O–H groups in total. The molecule has 35 heavy (non-hydrogen) atoms. The van der Waals surface area contributed by atoms with Gasteiger partial charge in [-0.05, 0) is 68.0 Å². The summed E-state index contributed by atoms with van der Waals surface area (Å²) in [5.41, 5.74) is 4.91. The molecule has 5 rings (SSSR count). The Bertz CT molecular complexity index is 1300. The number of amides is 2. The summed E-state index contributed by atoms with van der Waals surface area (Å²) in [4.78, 5) is 20.1. The number of rotatable bonds is 5. The lowest BCUT2D eigenvalue weighted by molar-refractivity contribution is 0.170. The Hall–Kier alpha value is -3.41. The quantitative estimate of drug-likeness (QED) is 0.532. The van der Waals surface area contributed by atoms with E-state index in [0.29, 0.717) is 30.8 Å². The molecule has 0 spiro atoms. The third-order valence-electron chi connectivity index (χ3n) is 6.50. The Labute approximate surface area is 209 Å². The Morgan fingerprint density at radius 1 is 1.31 bits per heavy atom. The van der Waals surface area contributed by atoms with E-state index in [2.05, 4.69) is 28.5 Å². The van der Waals surface area contributed by atoms with Gasteiger partial charge in [-0.1, -0.05) is 18.2 Å². The number of aliphatic hydroxyl groups is 1. The number of likely N-dealkylation sites (tertiary alicyclic amines) is 1. The summed E-state index contributed by atoms with van der Waals surface area (Å²) in [5.74, 6) is 0.584. The van der Waals surface area contributed by atoms with Crippen molar-refractivity contribution in [1.82, 2.24) is 15.2 Å². The van der Waals surface area contributed by atoms with E-state index in [-0.39, 0.29) is 18.2 Å². The van der Waals surface area contributed by atoms with Gasteiger partial charge >= 0.3 is 6.03 Å². The number of hydrogen-bond donors (Lipinski definition) is 2. The average molecular weight is 489 g/mol. The van der Waals surface area contributed by atoms with Crippen LogP contribution in [0.15, 0.2) is 42.6 Å². The molecule has 0 bridgehead atoms. The predicted molar refractivity (Wildman–Crippen MR) is 135 cm³/mol. The average Bonchev–Trinajstić information content (AvgIpc) is 3.59. The van der Waals surface area contributed by atoms with Gasteiger partial charge in [0.25, 0.3) is 0 Å². The Kier molecular flexibility index (Phi) is 6.46. The van der Waals surface area contributed by atoms with Gasteiger partial charge in [-0.15, -0.1) is 11.3 Å². The monoisotopic (exact) mass is 488 g/mol. The minimum atomic E-state index is -0.424. The molecule has 1 fully saturated rings. The summed E-state index contributed by atoms with van der Waals surface area (Å²) in [6.07, 6.45) is 3.82. The number of nitrogens with one attached hydrogen (secondary N) is 1. The standard InChI is InChI=1S/C27H28N4O3S/c1-16(2)34-24-9-6-17(12-18(24)13-28)26-29-14-25(35-26)22-5-3-4-21-20(22)7-8-23(21)30-27(33)31-11-10-19(32)15-31/h3-6,9,12,14,16,19,23,32H,7-8,10-11,15H2,1-2H3,(H,30,33)/t19-,23+/m1/s1. The number of aliphatic hydroxyl groups excluding tert-OH is 1. The highest BCUT2D eigenvalue weighted by Crippen LogP contribution is 2.41. The van der Waals surface area contributed by atoms with Crippen molar-refractivity contribution in [2.24, 2.45) is 0 Å². The van der Waals surface area contributed by atoms with Gasteiger partial charge in [0.05, 0.1) is 28.7 Å². The van der Waals surface area contributed by atoms with Crippen LogP contribution in [0.3, 0.4) is 0 Å². The maximum absolute atomic E-state index is 12.7. The first-order valence-corrected chi connectivity index (χ1v) is 12.8. The number of nitriles is 1. The molecular formula is C27H28N4O3S. The van der Waals surface area contributed by atoms with Crippen LogP contribution in [0.5, 0.6) is 5.75 Å². The van der Waals surface area contributed by atoms with Gasteiger partial charge in [0.15, 0.2) is 0 Å². The molecule has 0 saturated carbocycles. The zero-order valence-electron chi connectivity index (χ0n) is 19.8. The molecule has 7 nitrogen and oxygen atoms in total. The van der Waals surface area contributed by atoms with Crippen LogP contribution >= 0.6 is 11.3 Å². The lowest BCUT2D eigenvalue weighted by atomic mass is 10.0. The number of fused-ring (bicyclic) bond motifs is 1. The van der Waals surface area contributed by atoms with Crippen molar-refractivity contribution >= 4 is 17.4 Å². The molecule has 2 atom stereocenters. The molecule has 2 heterocycles. The normalized spacial score (nSPS) is 19.0. The number of benzene rings is 2. The summed E-state index contributed by atoms with van der Waals surface area (Å²) in [6.45, 7) is 4.86. The van der Waals surface area contributed by atoms with Crippen LogP contribution in [0.1, 0.15) is 49.4 Å². The second kappa shape index (κ2) is 9.68. The van der Waals surface area contributed by atoms with E-state index in [1.54, 1.807) is 16.2 Å². The van der Waals surface area contributed by atoms with Crippen molar-refractivity contribution in [1.29, 1.82) is 5.26 Å². The van der Waals surface area contributed by atoms with Gasteiger partial charge in [-0.25, -0.2) is 9.78 Å². The molecule has 2 aromatic carbocycles. The first-order valence-electron chi connectivity index (χ1n) is 12.0. The minimum absolute atomic E-state index is 0.00449. The smallest absolute Gasteiger partial charge is 0.317 e. The van der Waals surface area contributed by atoms with E-state index in [1.807, 2.05) is 44.3 Å². The molecule has 0 unspecified atom stereocenters. The number of hydrogen-bond acceptors (Lipinski definition) is 6. The second-order valence-electron chi connectivity index (χ2n) is 9.32. The number of nitrogens with zero attached hydrogens (tertiary/aromatic N) is 3. The van der Waals surface area contributed by atoms with Crippen molar-refractivity contribution in [3.8, 4) is 32.8 Å². The molecule has 1 aliphatic carbocycles. The predicted octanol–water partition coefficient (Wildman–Crippen LogP) is 4.90. The van der Waals surface area contributed by atoms with Crippen molar-refractivity contribution in [2.45, 2.75) is 51.4 Å². The maximum Gasteiger partial charge on any atom is 0.317 e. The Balaban J connectivity index is 1.37. The fraction of sp³-hybridized carbons (Fsp3) is 0.370. The largest absolute Gasteiger partial charge is 0.490 e. The summed E-state index contributed by atoms with van der Waals surface area (Å²) in [6, 6.07) is 13.9. The van der Waals surface area contributed by atoms with E-state index in [1.165, 1.54) is 5.56 Å². The fourth-order valence-electron chi connectivity index (χ4n) is 4.84. The van der Waals surface area contributed by atoms with E-state index in [4.69, 9.17) is 4.74 Å². The highest BCUT2D eigenvalue weighted by Gasteiger charge is 2.30. The van der Waals surface area contributed by atoms with E-state index in [9.17, 15) is 15.2 Å². The molecule has 1 aromatic heterocycles. The molecule has 2 aliphatic rings. The van der Waals surface area contributed by atoms with Crippen LogP contribution in [-0.2, 0) is 6.42 Å². The van der Waals surface area contributed by atoms with E-state index in [0.717, 1.165) is 39.4 Å². The molecule has 1 saturated heterocycles. The molecule has 0 radical (unpaired) electrons. The van der Waals surface area contributed by atoms with Gasteiger partial charge in [-0.3, -0.25) is 0 Å². The number of carbonyl (C=O) groups excluding carboxylic acids is 1. The van der Waals surface area contributed by atoms with Crippen LogP contribution in [0, 0.1) is 11.3 Å². The first-order chi connectivity index (χ1) is 16.9. The van der Waals surface area contributed by atoms with Crippen molar-refractivity contribution < 1.29 is 14.6 Å². The fourth-order valence-corrected chi connectivity index (χ4v) is 5.81.